The van der Waals surface area contributed by atoms with Gasteiger partial charge in [0, 0.05) is 36.9 Å². The molecule has 0 aliphatic carbocycles. The number of fused-ring (bicyclic) bond motifs is 1. The van der Waals surface area contributed by atoms with Crippen molar-refractivity contribution in [1.29, 1.82) is 0 Å². The molecule has 1 heterocycles. The molecule has 1 unspecified atom stereocenters. The van der Waals surface area contributed by atoms with Crippen LogP contribution in [0.15, 0.2) is 79.0 Å². The van der Waals surface area contributed by atoms with Gasteiger partial charge in [-0.1, -0.05) is 12.1 Å². The summed E-state index contributed by atoms with van der Waals surface area (Å²) in [6.07, 6.45) is -2.70. The smallest absolute Gasteiger partial charge is 0.416 e. The van der Waals surface area contributed by atoms with Crippen molar-refractivity contribution in [2.24, 2.45) is 0 Å². The first-order valence-corrected chi connectivity index (χ1v) is 10.9. The summed E-state index contributed by atoms with van der Waals surface area (Å²) in [6, 6.07) is 18.6. The van der Waals surface area contributed by atoms with Crippen LogP contribution in [0.2, 0.25) is 0 Å². The summed E-state index contributed by atoms with van der Waals surface area (Å²) < 4.78 is 44.2. The number of pyridine rings is 1. The Morgan fingerprint density at radius 1 is 1.00 bits per heavy atom. The SMILES string of the molecule is CC(NC(=O)c1ccc2c(Oc3ccc(C(F)(F)F)cc3)cccc2c1)c1cc(N(C)C)ccn1. The molecule has 1 amide bonds. The number of nitrogens with one attached hydrogen (secondary N) is 1. The minimum Gasteiger partial charge on any atom is -0.457 e. The lowest BCUT2D eigenvalue weighted by atomic mass is 10.1. The fraction of sp³-hybridized carbons (Fsp3) is 0.185. The average Bonchev–Trinajstić information content (AvgIpc) is 2.83. The first-order chi connectivity index (χ1) is 16.6. The van der Waals surface area contributed by atoms with Crippen molar-refractivity contribution in [2.75, 3.05) is 19.0 Å². The summed E-state index contributed by atoms with van der Waals surface area (Å²) in [4.78, 5) is 19.2. The molecule has 1 aromatic heterocycles. The third-order valence-corrected chi connectivity index (χ3v) is 5.58. The number of rotatable bonds is 6. The van der Waals surface area contributed by atoms with Gasteiger partial charge in [0.15, 0.2) is 0 Å². The molecular formula is C27H24F3N3O2. The van der Waals surface area contributed by atoms with Gasteiger partial charge in [0.25, 0.3) is 5.91 Å². The largest absolute Gasteiger partial charge is 0.457 e. The molecule has 0 saturated carbocycles. The second-order valence-corrected chi connectivity index (χ2v) is 8.34. The summed E-state index contributed by atoms with van der Waals surface area (Å²) in [6.45, 7) is 1.87. The van der Waals surface area contributed by atoms with E-state index in [0.29, 0.717) is 11.3 Å². The Hall–Kier alpha value is -4.07. The fourth-order valence-electron chi connectivity index (χ4n) is 3.63. The van der Waals surface area contributed by atoms with Crippen LogP contribution in [0.4, 0.5) is 18.9 Å². The van der Waals surface area contributed by atoms with Crippen molar-refractivity contribution in [2.45, 2.75) is 19.1 Å². The minimum atomic E-state index is -4.41. The van der Waals surface area contributed by atoms with E-state index < -0.39 is 11.7 Å². The van der Waals surface area contributed by atoms with Gasteiger partial charge >= 0.3 is 6.18 Å². The van der Waals surface area contributed by atoms with E-state index in [1.165, 1.54) is 12.1 Å². The number of anilines is 1. The van der Waals surface area contributed by atoms with Crippen molar-refractivity contribution in [1.82, 2.24) is 10.3 Å². The Kier molecular flexibility index (Phi) is 6.64. The van der Waals surface area contributed by atoms with E-state index in [0.717, 1.165) is 34.3 Å². The molecule has 8 heteroatoms. The lowest BCUT2D eigenvalue weighted by Crippen LogP contribution is -2.27. The number of alkyl halides is 3. The third kappa shape index (κ3) is 5.54. The van der Waals surface area contributed by atoms with E-state index in [1.54, 1.807) is 36.5 Å². The maximum absolute atomic E-state index is 12.9. The standard InChI is InChI=1S/C27H24F3N3O2/c1-17(24-16-21(33(2)3)13-14-31-24)32-26(34)19-7-12-23-18(15-19)5-4-6-25(23)35-22-10-8-20(9-11-22)27(28,29)30/h4-17H,1-3H3,(H,32,34). The van der Waals surface area contributed by atoms with Gasteiger partial charge in [0.2, 0.25) is 0 Å². The predicted octanol–water partition coefficient (Wildman–Crippen LogP) is 6.60. The van der Waals surface area contributed by atoms with Crippen molar-refractivity contribution < 1.29 is 22.7 Å². The molecule has 0 saturated heterocycles. The second kappa shape index (κ2) is 9.66. The molecule has 4 rings (SSSR count). The maximum atomic E-state index is 12.9. The van der Waals surface area contributed by atoms with Gasteiger partial charge in [-0.25, -0.2) is 0 Å². The number of ether oxygens (including phenoxy) is 1. The molecule has 3 aromatic carbocycles. The maximum Gasteiger partial charge on any atom is 0.416 e. The second-order valence-electron chi connectivity index (χ2n) is 8.34. The first-order valence-electron chi connectivity index (χ1n) is 10.9. The number of aromatic nitrogens is 1. The number of hydrogen-bond donors (Lipinski definition) is 1. The Balaban J connectivity index is 1.52. The molecule has 1 N–H and O–H groups in total. The Bertz CT molecular complexity index is 1350. The first kappa shape index (κ1) is 24.1. The van der Waals surface area contributed by atoms with E-state index in [-0.39, 0.29) is 17.7 Å². The molecule has 0 bridgehead atoms. The Morgan fingerprint density at radius 3 is 2.43 bits per heavy atom. The summed E-state index contributed by atoms with van der Waals surface area (Å²) in [5.41, 5.74) is 1.47. The number of benzene rings is 3. The molecule has 180 valence electrons. The number of nitrogens with zero attached hydrogens (tertiary/aromatic N) is 2. The van der Waals surface area contributed by atoms with Gasteiger partial charge in [-0.15, -0.1) is 0 Å². The molecule has 5 nitrogen and oxygen atoms in total. The zero-order valence-corrected chi connectivity index (χ0v) is 19.4. The van der Waals surface area contributed by atoms with Crippen LogP contribution in [0.1, 0.15) is 34.6 Å². The quantitative estimate of drug-likeness (QED) is 0.338. The van der Waals surface area contributed by atoms with Crippen LogP contribution in [0.25, 0.3) is 10.8 Å². The summed E-state index contributed by atoms with van der Waals surface area (Å²) in [7, 11) is 3.87. The number of carbonyl (C=O) groups excluding carboxylic acids is 1. The Labute approximate surface area is 201 Å². The monoisotopic (exact) mass is 479 g/mol. The zero-order chi connectivity index (χ0) is 25.2. The number of carbonyl (C=O) groups is 1. The molecule has 0 fully saturated rings. The van der Waals surface area contributed by atoms with Crippen LogP contribution in [0.3, 0.4) is 0 Å². The molecule has 0 spiro atoms. The van der Waals surface area contributed by atoms with Gasteiger partial charge in [-0.3, -0.25) is 9.78 Å². The molecule has 0 aliphatic heterocycles. The van der Waals surface area contributed by atoms with Crippen LogP contribution in [-0.2, 0) is 6.18 Å². The molecule has 35 heavy (non-hydrogen) atoms. The van der Waals surface area contributed by atoms with E-state index in [9.17, 15) is 18.0 Å². The van der Waals surface area contributed by atoms with Crippen LogP contribution in [-0.4, -0.2) is 25.0 Å². The minimum absolute atomic E-state index is 0.245. The van der Waals surface area contributed by atoms with Crippen molar-refractivity contribution >= 4 is 22.4 Å². The van der Waals surface area contributed by atoms with Gasteiger partial charge in [-0.2, -0.15) is 13.2 Å². The van der Waals surface area contributed by atoms with E-state index >= 15 is 0 Å². The number of hydrogen-bond acceptors (Lipinski definition) is 4. The average molecular weight is 480 g/mol. The van der Waals surface area contributed by atoms with Gasteiger partial charge in [0.05, 0.1) is 17.3 Å². The number of halogens is 3. The van der Waals surface area contributed by atoms with E-state index in [2.05, 4.69) is 10.3 Å². The number of amides is 1. The third-order valence-electron chi connectivity index (χ3n) is 5.58. The lowest BCUT2D eigenvalue weighted by molar-refractivity contribution is -0.137. The summed E-state index contributed by atoms with van der Waals surface area (Å²) in [5, 5.41) is 4.47. The van der Waals surface area contributed by atoms with Crippen LogP contribution >= 0.6 is 0 Å². The van der Waals surface area contributed by atoms with Crippen LogP contribution in [0.5, 0.6) is 11.5 Å². The molecule has 1 atom stereocenters. The summed E-state index contributed by atoms with van der Waals surface area (Å²) >= 11 is 0. The highest BCUT2D eigenvalue weighted by Crippen LogP contribution is 2.34. The van der Waals surface area contributed by atoms with Crippen molar-refractivity contribution in [3.63, 3.8) is 0 Å². The van der Waals surface area contributed by atoms with E-state index in [1.807, 2.05) is 44.1 Å². The molecule has 4 aromatic rings. The molecule has 0 radical (unpaired) electrons. The highest BCUT2D eigenvalue weighted by atomic mass is 19.4. The van der Waals surface area contributed by atoms with Gasteiger partial charge in [0.1, 0.15) is 11.5 Å². The highest BCUT2D eigenvalue weighted by molar-refractivity contribution is 6.00. The van der Waals surface area contributed by atoms with Crippen LogP contribution in [0, 0.1) is 0 Å². The molecule has 0 aliphatic rings. The lowest BCUT2D eigenvalue weighted by Gasteiger charge is -2.17. The van der Waals surface area contributed by atoms with Crippen LogP contribution < -0.4 is 15.0 Å². The molecular weight excluding hydrogens is 455 g/mol. The Morgan fingerprint density at radius 2 is 1.74 bits per heavy atom. The van der Waals surface area contributed by atoms with E-state index in [4.69, 9.17) is 4.74 Å². The van der Waals surface area contributed by atoms with Gasteiger partial charge < -0.3 is 15.0 Å². The summed E-state index contributed by atoms with van der Waals surface area (Å²) in [5.74, 6) is 0.520. The predicted molar refractivity (Wildman–Crippen MR) is 130 cm³/mol. The van der Waals surface area contributed by atoms with Crippen molar-refractivity contribution in [3.8, 4) is 11.5 Å². The normalized spacial score (nSPS) is 12.3. The zero-order valence-electron chi connectivity index (χ0n) is 19.4. The highest BCUT2D eigenvalue weighted by Gasteiger charge is 2.30. The van der Waals surface area contributed by atoms with Gasteiger partial charge in [-0.05, 0) is 73.0 Å². The topological polar surface area (TPSA) is 54.5 Å². The van der Waals surface area contributed by atoms with Crippen molar-refractivity contribution in [3.05, 3.63) is 95.8 Å². The fourth-order valence-corrected chi connectivity index (χ4v) is 3.63.